The lowest BCUT2D eigenvalue weighted by molar-refractivity contribution is -0.114. The van der Waals surface area contributed by atoms with Crippen LogP contribution >= 0.6 is 11.8 Å². The average Bonchev–Trinajstić information content (AvgIpc) is 2.85. The SMILES string of the molecule is CCSc1n[nH]c(NS(=O)(=O)c2ccc(NC(C)=O)cc2)n1. The lowest BCUT2D eigenvalue weighted by atomic mass is 10.3. The van der Waals surface area contributed by atoms with Crippen molar-refractivity contribution < 1.29 is 13.2 Å². The first-order valence-corrected chi connectivity index (χ1v) is 8.83. The molecule has 10 heteroatoms. The smallest absolute Gasteiger partial charge is 0.264 e. The van der Waals surface area contributed by atoms with E-state index in [2.05, 4.69) is 25.2 Å². The highest BCUT2D eigenvalue weighted by molar-refractivity contribution is 7.99. The van der Waals surface area contributed by atoms with Crippen molar-refractivity contribution in [2.24, 2.45) is 0 Å². The molecule has 0 bridgehead atoms. The molecule has 1 amide bonds. The van der Waals surface area contributed by atoms with Gasteiger partial charge in [-0.25, -0.2) is 18.2 Å². The molecule has 1 heterocycles. The summed E-state index contributed by atoms with van der Waals surface area (Å²) < 4.78 is 26.7. The predicted molar refractivity (Wildman–Crippen MR) is 84.3 cm³/mol. The van der Waals surface area contributed by atoms with Gasteiger partial charge in [0.05, 0.1) is 4.90 Å². The summed E-state index contributed by atoms with van der Waals surface area (Å²) in [5.74, 6) is 0.618. The van der Waals surface area contributed by atoms with Crippen molar-refractivity contribution in [3.8, 4) is 0 Å². The number of anilines is 2. The molecule has 118 valence electrons. The van der Waals surface area contributed by atoms with Gasteiger partial charge >= 0.3 is 0 Å². The summed E-state index contributed by atoms with van der Waals surface area (Å²) >= 11 is 1.40. The number of aromatic amines is 1. The number of nitrogens with zero attached hydrogens (tertiary/aromatic N) is 2. The second kappa shape index (κ2) is 6.79. The number of carbonyl (C=O) groups excluding carboxylic acids is 1. The molecule has 0 radical (unpaired) electrons. The van der Waals surface area contributed by atoms with E-state index in [0.29, 0.717) is 10.8 Å². The zero-order chi connectivity index (χ0) is 16.2. The molecule has 0 aliphatic heterocycles. The molecule has 0 fully saturated rings. The van der Waals surface area contributed by atoms with Crippen molar-refractivity contribution >= 4 is 39.3 Å². The van der Waals surface area contributed by atoms with Crippen LogP contribution in [0.15, 0.2) is 34.3 Å². The normalized spacial score (nSPS) is 11.2. The number of amides is 1. The molecule has 0 atom stereocenters. The molecule has 0 unspecified atom stereocenters. The van der Waals surface area contributed by atoms with Crippen molar-refractivity contribution in [1.82, 2.24) is 15.2 Å². The summed E-state index contributed by atoms with van der Waals surface area (Å²) in [5, 5.41) is 9.45. The fourth-order valence-corrected chi connectivity index (χ4v) is 3.07. The fraction of sp³-hybridized carbons (Fsp3) is 0.250. The van der Waals surface area contributed by atoms with Gasteiger partial charge in [-0.05, 0) is 30.0 Å². The number of thioether (sulfide) groups is 1. The van der Waals surface area contributed by atoms with Gasteiger partial charge in [-0.3, -0.25) is 4.79 Å². The summed E-state index contributed by atoms with van der Waals surface area (Å²) in [6, 6.07) is 5.81. The summed E-state index contributed by atoms with van der Waals surface area (Å²) in [6.45, 7) is 3.32. The standard InChI is InChI=1S/C12H15N5O3S2/c1-3-21-12-14-11(15-16-12)17-22(19,20)10-6-4-9(5-7-10)13-8(2)18/h4-7H,3H2,1-2H3,(H,13,18)(H2,14,15,16,17). The maximum atomic E-state index is 12.2. The van der Waals surface area contributed by atoms with Crippen LogP contribution in [0.4, 0.5) is 11.6 Å². The van der Waals surface area contributed by atoms with E-state index in [4.69, 9.17) is 0 Å². The van der Waals surface area contributed by atoms with Crippen LogP contribution in [0.3, 0.4) is 0 Å². The van der Waals surface area contributed by atoms with E-state index < -0.39 is 10.0 Å². The summed E-state index contributed by atoms with van der Waals surface area (Å²) in [4.78, 5) is 15.0. The number of sulfonamides is 1. The van der Waals surface area contributed by atoms with Crippen molar-refractivity contribution in [2.75, 3.05) is 15.8 Å². The van der Waals surface area contributed by atoms with Crippen LogP contribution in [-0.4, -0.2) is 35.3 Å². The van der Waals surface area contributed by atoms with Crippen LogP contribution in [0.1, 0.15) is 13.8 Å². The van der Waals surface area contributed by atoms with E-state index in [9.17, 15) is 13.2 Å². The minimum absolute atomic E-state index is 0.0573. The van der Waals surface area contributed by atoms with Crippen molar-refractivity contribution in [1.29, 1.82) is 0 Å². The van der Waals surface area contributed by atoms with E-state index in [1.165, 1.54) is 43.0 Å². The maximum Gasteiger partial charge on any atom is 0.264 e. The molecule has 0 saturated carbocycles. The number of nitrogens with one attached hydrogen (secondary N) is 3. The number of rotatable bonds is 6. The van der Waals surface area contributed by atoms with Crippen molar-refractivity contribution in [3.63, 3.8) is 0 Å². The van der Waals surface area contributed by atoms with Gasteiger partial charge in [0.15, 0.2) is 0 Å². The molecule has 0 aliphatic rings. The third-order valence-corrected chi connectivity index (χ3v) is 4.54. The van der Waals surface area contributed by atoms with Gasteiger partial charge in [-0.15, -0.1) is 5.10 Å². The van der Waals surface area contributed by atoms with Gasteiger partial charge in [-0.1, -0.05) is 18.7 Å². The second-order valence-corrected chi connectivity index (χ2v) is 7.12. The number of aromatic nitrogens is 3. The Bertz CT molecular complexity index is 755. The van der Waals surface area contributed by atoms with E-state index >= 15 is 0 Å². The summed E-state index contributed by atoms with van der Waals surface area (Å²) in [5.41, 5.74) is 0.521. The van der Waals surface area contributed by atoms with Crippen molar-refractivity contribution in [2.45, 2.75) is 23.9 Å². The number of carbonyl (C=O) groups is 1. The van der Waals surface area contributed by atoms with E-state index in [-0.39, 0.29) is 16.8 Å². The Morgan fingerprint density at radius 1 is 1.32 bits per heavy atom. The van der Waals surface area contributed by atoms with Gasteiger partial charge in [0.25, 0.3) is 10.0 Å². The van der Waals surface area contributed by atoms with E-state index in [1.807, 2.05) is 6.92 Å². The van der Waals surface area contributed by atoms with Gasteiger partial charge in [0, 0.05) is 12.6 Å². The first-order valence-electron chi connectivity index (χ1n) is 6.36. The predicted octanol–water partition coefficient (Wildman–Crippen LogP) is 1.68. The molecule has 2 rings (SSSR count). The molecular formula is C12H15N5O3S2. The van der Waals surface area contributed by atoms with Crippen LogP contribution in [0.25, 0.3) is 0 Å². The molecular weight excluding hydrogens is 326 g/mol. The van der Waals surface area contributed by atoms with Crippen LogP contribution in [-0.2, 0) is 14.8 Å². The van der Waals surface area contributed by atoms with Gasteiger partial charge in [-0.2, -0.15) is 4.98 Å². The maximum absolute atomic E-state index is 12.2. The topological polar surface area (TPSA) is 117 Å². The first-order chi connectivity index (χ1) is 10.4. The molecule has 22 heavy (non-hydrogen) atoms. The Kier molecular flexibility index (Phi) is 5.03. The van der Waals surface area contributed by atoms with E-state index in [1.54, 1.807) is 0 Å². The zero-order valence-electron chi connectivity index (χ0n) is 12.0. The third-order valence-electron chi connectivity index (χ3n) is 2.45. The Morgan fingerprint density at radius 3 is 2.59 bits per heavy atom. The molecule has 3 N–H and O–H groups in total. The number of H-pyrrole nitrogens is 1. The van der Waals surface area contributed by atoms with E-state index in [0.717, 1.165) is 5.75 Å². The largest absolute Gasteiger partial charge is 0.326 e. The van der Waals surface area contributed by atoms with Crippen LogP contribution in [0.5, 0.6) is 0 Å². The Balaban J connectivity index is 2.13. The van der Waals surface area contributed by atoms with Gasteiger partial charge < -0.3 is 5.32 Å². The number of hydrogen-bond donors (Lipinski definition) is 3. The Labute approximate surface area is 132 Å². The third kappa shape index (κ3) is 4.21. The highest BCUT2D eigenvalue weighted by atomic mass is 32.2. The van der Waals surface area contributed by atoms with Crippen LogP contribution < -0.4 is 10.0 Å². The quantitative estimate of drug-likeness (QED) is 0.688. The summed E-state index contributed by atoms with van der Waals surface area (Å²) in [7, 11) is -3.77. The molecule has 0 spiro atoms. The zero-order valence-corrected chi connectivity index (χ0v) is 13.6. The molecule has 2 aromatic rings. The summed E-state index contributed by atoms with van der Waals surface area (Å²) in [6.07, 6.45) is 0. The average molecular weight is 341 g/mol. The second-order valence-electron chi connectivity index (χ2n) is 4.21. The van der Waals surface area contributed by atoms with Crippen molar-refractivity contribution in [3.05, 3.63) is 24.3 Å². The number of hydrogen-bond acceptors (Lipinski definition) is 6. The minimum Gasteiger partial charge on any atom is -0.326 e. The minimum atomic E-state index is -3.77. The van der Waals surface area contributed by atoms with Gasteiger partial charge in [0.2, 0.25) is 17.0 Å². The highest BCUT2D eigenvalue weighted by Gasteiger charge is 2.16. The van der Waals surface area contributed by atoms with Crippen LogP contribution in [0.2, 0.25) is 0 Å². The molecule has 1 aromatic carbocycles. The van der Waals surface area contributed by atoms with Gasteiger partial charge in [0.1, 0.15) is 0 Å². The monoisotopic (exact) mass is 341 g/mol. The first kappa shape index (κ1) is 16.3. The molecule has 8 nitrogen and oxygen atoms in total. The lowest BCUT2D eigenvalue weighted by Crippen LogP contribution is -2.14. The fourth-order valence-electron chi connectivity index (χ4n) is 1.59. The Morgan fingerprint density at radius 2 is 2.00 bits per heavy atom. The Hall–Kier alpha value is -2.07. The number of benzene rings is 1. The molecule has 0 saturated heterocycles. The highest BCUT2D eigenvalue weighted by Crippen LogP contribution is 2.18. The van der Waals surface area contributed by atoms with Crippen LogP contribution in [0, 0.1) is 0 Å². The molecule has 1 aromatic heterocycles. The molecule has 0 aliphatic carbocycles. The lowest BCUT2D eigenvalue weighted by Gasteiger charge is -2.06.